The second-order valence-electron chi connectivity index (χ2n) is 7.54. The van der Waals surface area contributed by atoms with E-state index in [4.69, 9.17) is 4.12 Å². The van der Waals surface area contributed by atoms with Crippen molar-refractivity contribution in [3.05, 3.63) is 12.3 Å². The third-order valence-electron chi connectivity index (χ3n) is 5.09. The molecule has 5 heteroatoms. The van der Waals surface area contributed by atoms with Gasteiger partial charge < -0.3 is 9.02 Å². The summed E-state index contributed by atoms with van der Waals surface area (Å²) < 4.78 is 9.40. The first-order chi connectivity index (χ1) is 9.05. The number of likely N-dealkylation sites (N-methyl/N-ethyl adjacent to an activating group) is 1. The molecule has 20 heavy (non-hydrogen) atoms. The van der Waals surface area contributed by atoms with Crippen LogP contribution in [0, 0.1) is 0 Å². The highest BCUT2D eigenvalue weighted by atomic mass is 28.4. The molecule has 0 bridgehead atoms. The maximum absolute atomic E-state index is 6.81. The Morgan fingerprint density at radius 1 is 1.10 bits per heavy atom. The van der Waals surface area contributed by atoms with Crippen LogP contribution < -0.4 is 0 Å². The Labute approximate surface area is 128 Å². The van der Waals surface area contributed by atoms with Crippen molar-refractivity contribution in [3.63, 3.8) is 0 Å². The van der Waals surface area contributed by atoms with E-state index >= 15 is 0 Å². The Hall–Kier alpha value is 0.0538. The second-order valence-corrected chi connectivity index (χ2v) is 16.0. The van der Waals surface area contributed by atoms with Crippen molar-refractivity contribution in [2.75, 3.05) is 32.7 Å². The Bertz CT molecular complexity index is 333. The molecule has 1 rings (SSSR count). The van der Waals surface area contributed by atoms with Crippen LogP contribution in [0.5, 0.6) is 0 Å². The fraction of sp³-hybridized carbons (Fsp3) is 0.867. The van der Waals surface area contributed by atoms with Gasteiger partial charge in [-0.15, -0.1) is 6.58 Å². The van der Waals surface area contributed by atoms with E-state index in [1.807, 2.05) is 0 Å². The van der Waals surface area contributed by atoms with E-state index in [2.05, 4.69) is 69.1 Å². The minimum atomic E-state index is -1.98. The van der Waals surface area contributed by atoms with Crippen LogP contribution >= 0.6 is 0 Å². The Kier molecular flexibility index (Phi) is 5.83. The molecule has 1 heterocycles. The van der Waals surface area contributed by atoms with Crippen molar-refractivity contribution in [1.29, 1.82) is 0 Å². The van der Waals surface area contributed by atoms with Gasteiger partial charge in [0.2, 0.25) is 0 Å². The van der Waals surface area contributed by atoms with E-state index in [0.717, 1.165) is 32.7 Å². The molecule has 1 unspecified atom stereocenters. The molecular weight excluding hydrogens is 280 g/mol. The molecular formula is C15H34N2OSi2. The summed E-state index contributed by atoms with van der Waals surface area (Å²) in [6.45, 7) is 26.0. The van der Waals surface area contributed by atoms with Crippen LogP contribution in [0.15, 0.2) is 12.3 Å². The molecule has 0 N–H and O–H groups in total. The summed E-state index contributed by atoms with van der Waals surface area (Å²) >= 11 is 0. The van der Waals surface area contributed by atoms with Gasteiger partial charge in [-0.25, -0.2) is 0 Å². The van der Waals surface area contributed by atoms with Gasteiger partial charge in [-0.1, -0.05) is 33.4 Å². The first-order valence-corrected chi connectivity index (χ1v) is 13.2. The van der Waals surface area contributed by atoms with E-state index in [9.17, 15) is 0 Å². The summed E-state index contributed by atoms with van der Waals surface area (Å²) in [5.41, 5.74) is 2.13. The van der Waals surface area contributed by atoms with Crippen molar-refractivity contribution in [1.82, 2.24) is 9.47 Å². The lowest BCUT2D eigenvalue weighted by atomic mass is 10.2. The molecule has 1 atom stereocenters. The van der Waals surface area contributed by atoms with Crippen LogP contribution in [-0.4, -0.2) is 59.0 Å². The molecule has 0 amide bonds. The maximum Gasteiger partial charge on any atom is 0.283 e. The minimum Gasteiger partial charge on any atom is -0.441 e. The topological polar surface area (TPSA) is 15.7 Å². The normalized spacial score (nSPS) is 22.6. The highest BCUT2D eigenvalue weighted by Gasteiger charge is 2.46. The van der Waals surface area contributed by atoms with Gasteiger partial charge >= 0.3 is 0 Å². The zero-order valence-corrected chi connectivity index (χ0v) is 16.6. The largest absolute Gasteiger partial charge is 0.441 e. The van der Waals surface area contributed by atoms with Gasteiger partial charge in [-0.05, 0) is 31.2 Å². The molecule has 1 saturated heterocycles. The number of hydrogen-bond acceptors (Lipinski definition) is 3. The first-order valence-electron chi connectivity index (χ1n) is 7.87. The average molecular weight is 315 g/mol. The Morgan fingerprint density at radius 3 is 1.95 bits per heavy atom. The number of nitrogens with zero attached hydrogens (tertiary/aromatic N) is 2. The molecule has 0 radical (unpaired) electrons. The maximum atomic E-state index is 6.81. The van der Waals surface area contributed by atoms with Gasteiger partial charge in [-0.3, -0.25) is 4.57 Å². The number of hydrogen-bond donors (Lipinski definition) is 0. The quantitative estimate of drug-likeness (QED) is 0.723. The SMILES string of the molecule is C=C[Si](C)(O[Si](C)(C)C(C)(C)C)N1CCN(CC)CC1. The lowest BCUT2D eigenvalue weighted by molar-refractivity contribution is 0.179. The summed E-state index contributed by atoms with van der Waals surface area (Å²) in [5, 5.41) is 0.259. The summed E-state index contributed by atoms with van der Waals surface area (Å²) in [4.78, 5) is 2.51. The molecule has 0 saturated carbocycles. The summed E-state index contributed by atoms with van der Waals surface area (Å²) in [7, 11) is -3.71. The van der Waals surface area contributed by atoms with Crippen molar-refractivity contribution in [2.24, 2.45) is 0 Å². The fourth-order valence-corrected chi connectivity index (χ4v) is 9.97. The van der Waals surface area contributed by atoms with Crippen LogP contribution in [0.25, 0.3) is 0 Å². The molecule has 1 aliphatic rings. The van der Waals surface area contributed by atoms with Gasteiger partial charge in [0.15, 0.2) is 8.32 Å². The van der Waals surface area contributed by atoms with Crippen molar-refractivity contribution in [2.45, 2.75) is 52.4 Å². The van der Waals surface area contributed by atoms with Gasteiger partial charge in [-0.2, -0.15) is 0 Å². The second kappa shape index (κ2) is 6.44. The Balaban J connectivity index is 2.80. The zero-order valence-electron chi connectivity index (χ0n) is 14.6. The molecule has 0 aromatic rings. The van der Waals surface area contributed by atoms with Crippen LogP contribution in [0.1, 0.15) is 27.7 Å². The van der Waals surface area contributed by atoms with E-state index in [-0.39, 0.29) is 5.04 Å². The Morgan fingerprint density at radius 2 is 1.60 bits per heavy atom. The van der Waals surface area contributed by atoms with Crippen molar-refractivity contribution >= 4 is 16.8 Å². The van der Waals surface area contributed by atoms with Crippen LogP contribution in [0.4, 0.5) is 0 Å². The lowest BCUT2D eigenvalue weighted by Crippen LogP contribution is -2.64. The molecule has 118 valence electrons. The van der Waals surface area contributed by atoms with Gasteiger partial charge in [0.05, 0.1) is 0 Å². The van der Waals surface area contributed by atoms with E-state index in [1.54, 1.807) is 0 Å². The van der Waals surface area contributed by atoms with E-state index in [0.29, 0.717) is 0 Å². The van der Waals surface area contributed by atoms with Crippen molar-refractivity contribution < 1.29 is 4.12 Å². The van der Waals surface area contributed by atoms with Gasteiger partial charge in [0.25, 0.3) is 8.48 Å². The fourth-order valence-electron chi connectivity index (χ4n) is 2.41. The molecule has 0 aromatic heterocycles. The first kappa shape index (κ1) is 18.1. The van der Waals surface area contributed by atoms with Crippen LogP contribution in [0.2, 0.25) is 24.7 Å². The molecule has 0 aliphatic carbocycles. The molecule has 0 aromatic carbocycles. The van der Waals surface area contributed by atoms with Gasteiger partial charge in [0, 0.05) is 26.2 Å². The molecule has 1 aliphatic heterocycles. The third-order valence-corrected chi connectivity index (χ3v) is 14.9. The number of piperazine rings is 1. The third kappa shape index (κ3) is 4.04. The van der Waals surface area contributed by atoms with Crippen molar-refractivity contribution in [3.8, 4) is 0 Å². The molecule has 3 nitrogen and oxygen atoms in total. The lowest BCUT2D eigenvalue weighted by Gasteiger charge is -2.48. The smallest absolute Gasteiger partial charge is 0.283 e. The molecule has 0 spiro atoms. The minimum absolute atomic E-state index is 0.259. The van der Waals surface area contributed by atoms with Gasteiger partial charge in [0.1, 0.15) is 0 Å². The monoisotopic (exact) mass is 314 g/mol. The van der Waals surface area contributed by atoms with E-state index in [1.165, 1.54) is 0 Å². The number of rotatable bonds is 5. The van der Waals surface area contributed by atoms with Crippen LogP contribution in [-0.2, 0) is 4.12 Å². The highest BCUT2D eigenvalue weighted by molar-refractivity contribution is 6.87. The summed E-state index contributed by atoms with van der Waals surface area (Å²) in [6, 6.07) is 0. The predicted molar refractivity (Wildman–Crippen MR) is 93.8 cm³/mol. The highest BCUT2D eigenvalue weighted by Crippen LogP contribution is 2.39. The summed E-state index contributed by atoms with van der Waals surface area (Å²) in [6.07, 6.45) is 0. The van der Waals surface area contributed by atoms with E-state index < -0.39 is 16.8 Å². The standard InChI is InChI=1S/C15H34N2OSi2/c1-9-16-11-13-17(14-12-16)20(8,10-2)18-19(6,7)15(3,4)5/h10H,2,9,11-14H2,1,3-8H3. The summed E-state index contributed by atoms with van der Waals surface area (Å²) in [5.74, 6) is 0. The molecule has 1 fully saturated rings. The zero-order chi connectivity index (χ0) is 15.6. The predicted octanol–water partition coefficient (Wildman–Crippen LogP) is 3.44. The van der Waals surface area contributed by atoms with Crippen LogP contribution in [0.3, 0.4) is 0 Å². The average Bonchev–Trinajstić information content (AvgIpc) is 2.37.